The van der Waals surface area contributed by atoms with E-state index < -0.39 is 0 Å². The van der Waals surface area contributed by atoms with Crippen LogP contribution in [0.25, 0.3) is 65.9 Å². The van der Waals surface area contributed by atoms with Crippen molar-refractivity contribution >= 4 is 60.7 Å². The average Bonchev–Trinajstić information content (AvgIpc) is 3.89. The Balaban J connectivity index is 1.00. The lowest BCUT2D eigenvalue weighted by Crippen LogP contribution is -2.11. The Morgan fingerprint density at radius 2 is 0.907 bits per heavy atom. The van der Waals surface area contributed by atoms with Crippen LogP contribution < -0.4 is 4.90 Å². The largest absolute Gasteiger partial charge is 0.311 e. The normalized spacial score (nSPS) is 17.9. The second-order valence-corrected chi connectivity index (χ2v) is 15.1. The van der Waals surface area contributed by atoms with Gasteiger partial charge in [0.2, 0.25) is 0 Å². The van der Waals surface area contributed by atoms with E-state index in [4.69, 9.17) is 9.97 Å². The van der Waals surface area contributed by atoms with Gasteiger partial charge in [0.25, 0.3) is 0 Å². The molecular weight excluding hydrogens is 659 g/mol. The Hall–Kier alpha value is -6.46. The van der Waals surface area contributed by atoms with Crippen LogP contribution >= 0.6 is 0 Å². The maximum Gasteiger partial charge on any atom is 0.0970 e. The van der Waals surface area contributed by atoms with Crippen molar-refractivity contribution < 1.29 is 0 Å². The van der Waals surface area contributed by atoms with Crippen LogP contribution in [0.1, 0.15) is 37.2 Å². The first-order valence-corrected chi connectivity index (χ1v) is 19.1. The molecule has 54 heavy (non-hydrogen) atoms. The third-order valence-corrected chi connectivity index (χ3v) is 12.1. The van der Waals surface area contributed by atoms with E-state index in [1.54, 1.807) is 0 Å². The van der Waals surface area contributed by atoms with Crippen LogP contribution in [0.3, 0.4) is 0 Å². The maximum atomic E-state index is 4.75. The minimum absolute atomic E-state index is 0.702. The summed E-state index contributed by atoms with van der Waals surface area (Å²) in [5.41, 5.74) is 13.2. The second kappa shape index (κ2) is 12.6. The van der Waals surface area contributed by atoms with Gasteiger partial charge in [0.05, 0.1) is 22.1 Å². The highest BCUT2D eigenvalue weighted by Gasteiger charge is 2.40. The fourth-order valence-corrected chi connectivity index (χ4v) is 9.58. The van der Waals surface area contributed by atoms with E-state index in [2.05, 4.69) is 124 Å². The maximum absolute atomic E-state index is 4.75. The average molecular weight is 696 g/mol. The molecule has 9 aromatic rings. The molecule has 5 nitrogen and oxygen atoms in total. The van der Waals surface area contributed by atoms with E-state index in [9.17, 15) is 0 Å². The molecule has 2 fully saturated rings. The zero-order valence-electron chi connectivity index (χ0n) is 29.8. The van der Waals surface area contributed by atoms with Crippen LogP contribution in [0.2, 0.25) is 0 Å². The number of hydrogen-bond acceptors (Lipinski definition) is 5. The van der Waals surface area contributed by atoms with Gasteiger partial charge in [-0.05, 0) is 138 Å². The molecule has 5 heteroatoms. The molecule has 0 saturated heterocycles. The molecule has 2 saturated carbocycles. The zero-order chi connectivity index (χ0) is 35.6. The van der Waals surface area contributed by atoms with Gasteiger partial charge in [-0.1, -0.05) is 67.1 Å². The number of anilines is 3. The fourth-order valence-electron chi connectivity index (χ4n) is 9.58. The van der Waals surface area contributed by atoms with Gasteiger partial charge in [-0.3, -0.25) is 19.9 Å². The second-order valence-electron chi connectivity index (χ2n) is 15.1. The van der Waals surface area contributed by atoms with Crippen LogP contribution in [0.5, 0.6) is 0 Å². The highest BCUT2D eigenvalue weighted by atomic mass is 15.1. The van der Waals surface area contributed by atoms with Crippen LogP contribution in [-0.4, -0.2) is 19.9 Å². The summed E-state index contributed by atoms with van der Waals surface area (Å²) in [6.45, 7) is 0. The lowest BCUT2D eigenvalue weighted by atomic mass is 9.83. The predicted octanol–water partition coefficient (Wildman–Crippen LogP) is 12.6. The van der Waals surface area contributed by atoms with E-state index in [1.807, 2.05) is 49.1 Å². The van der Waals surface area contributed by atoms with Crippen LogP contribution in [0.15, 0.2) is 158 Å². The zero-order valence-corrected chi connectivity index (χ0v) is 29.8. The van der Waals surface area contributed by atoms with Crippen LogP contribution in [0, 0.1) is 11.8 Å². The molecule has 4 aromatic heterocycles. The van der Waals surface area contributed by atoms with E-state index in [1.165, 1.54) is 31.2 Å². The number of hydrogen-bond donors (Lipinski definition) is 0. The number of fused-ring (bicyclic) bond motifs is 8. The smallest absolute Gasteiger partial charge is 0.0970 e. The molecule has 2 bridgehead atoms. The van der Waals surface area contributed by atoms with Crippen molar-refractivity contribution in [1.82, 2.24) is 19.9 Å². The number of benzene rings is 5. The van der Waals surface area contributed by atoms with Gasteiger partial charge in [-0.2, -0.15) is 0 Å². The van der Waals surface area contributed by atoms with Crippen molar-refractivity contribution in [2.45, 2.75) is 31.6 Å². The third kappa shape index (κ3) is 5.14. The first-order chi connectivity index (χ1) is 26.7. The quantitative estimate of drug-likeness (QED) is 0.162. The molecule has 4 heterocycles. The highest BCUT2D eigenvalue weighted by Crippen LogP contribution is 2.53. The Bertz CT molecular complexity index is 2680. The van der Waals surface area contributed by atoms with Gasteiger partial charge in [-0.15, -0.1) is 0 Å². The van der Waals surface area contributed by atoms with E-state index in [-0.39, 0.29) is 0 Å². The first-order valence-electron chi connectivity index (χ1n) is 19.1. The SMILES string of the molecule is c1cnc2c(c1)cc(-c1ccc(N(c3ccc(-c4cc5cccnc5c5ncccc45)cc3)c3ccc(C4CC5CCC4C5)cc3)cc1)c1cccnc12. The Morgan fingerprint density at radius 3 is 1.37 bits per heavy atom. The van der Waals surface area contributed by atoms with Gasteiger partial charge < -0.3 is 4.90 Å². The summed E-state index contributed by atoms with van der Waals surface area (Å²) in [5.74, 6) is 2.48. The van der Waals surface area contributed by atoms with Gasteiger partial charge in [0.1, 0.15) is 0 Å². The topological polar surface area (TPSA) is 54.8 Å². The molecule has 0 amide bonds. The van der Waals surface area contributed by atoms with Crippen molar-refractivity contribution in [3.63, 3.8) is 0 Å². The predicted molar refractivity (Wildman–Crippen MR) is 221 cm³/mol. The molecule has 2 aliphatic carbocycles. The lowest BCUT2D eigenvalue weighted by Gasteiger charge is -2.27. The van der Waals surface area contributed by atoms with Crippen LogP contribution in [-0.2, 0) is 0 Å². The molecule has 258 valence electrons. The highest BCUT2D eigenvalue weighted by molar-refractivity contribution is 6.11. The van der Waals surface area contributed by atoms with Gasteiger partial charge >= 0.3 is 0 Å². The van der Waals surface area contributed by atoms with Gasteiger partial charge in [0, 0.05) is 63.4 Å². The third-order valence-electron chi connectivity index (χ3n) is 12.1. The van der Waals surface area contributed by atoms with Gasteiger partial charge in [0.15, 0.2) is 0 Å². The Labute approximate surface area is 314 Å². The van der Waals surface area contributed by atoms with Crippen molar-refractivity contribution in [3.8, 4) is 22.3 Å². The molecule has 0 spiro atoms. The summed E-state index contributed by atoms with van der Waals surface area (Å²) in [4.78, 5) is 21.2. The lowest BCUT2D eigenvalue weighted by molar-refractivity contribution is 0.420. The first kappa shape index (κ1) is 31.1. The molecule has 11 rings (SSSR count). The number of nitrogens with zero attached hydrogens (tertiary/aromatic N) is 5. The van der Waals surface area contributed by atoms with E-state index in [0.29, 0.717) is 5.92 Å². The van der Waals surface area contributed by atoms with Crippen molar-refractivity contribution in [2.75, 3.05) is 4.90 Å². The molecule has 0 aliphatic heterocycles. The standard InChI is InChI=1S/C49H37N5/c1-5-36-29-44(41-7-3-25-52-48(41)46(36)50-23-1)33-13-19-39(20-14-33)54(38-17-11-32(12-18-38)43-28-31-9-10-35(43)27-31)40-21-15-34(16-22-40)45-30-37-6-2-24-51-47(37)49-42(45)8-4-26-53-49/h1-8,11-26,29-31,35,43H,9-10,27-28H2. The molecule has 0 N–H and O–H groups in total. The summed E-state index contributed by atoms with van der Waals surface area (Å²) >= 11 is 0. The molecule has 5 aromatic carbocycles. The van der Waals surface area contributed by atoms with Crippen molar-refractivity contribution in [2.24, 2.45) is 11.8 Å². The number of aromatic nitrogens is 4. The van der Waals surface area contributed by atoms with E-state index >= 15 is 0 Å². The number of rotatable bonds is 6. The Morgan fingerprint density at radius 1 is 0.444 bits per heavy atom. The number of pyridine rings is 4. The molecule has 3 unspecified atom stereocenters. The van der Waals surface area contributed by atoms with E-state index in [0.717, 1.165) is 94.8 Å². The summed E-state index contributed by atoms with van der Waals surface area (Å²) < 4.78 is 0. The molecule has 3 atom stereocenters. The minimum atomic E-state index is 0.702. The van der Waals surface area contributed by atoms with Crippen LogP contribution in [0.4, 0.5) is 17.1 Å². The Kier molecular flexibility index (Phi) is 7.25. The summed E-state index contributed by atoms with van der Waals surface area (Å²) in [5, 5.41) is 4.39. The van der Waals surface area contributed by atoms with Crippen molar-refractivity contribution in [1.29, 1.82) is 0 Å². The molecule has 0 radical (unpaired) electrons. The fraction of sp³-hybridized carbons (Fsp3) is 0.143. The monoisotopic (exact) mass is 695 g/mol. The van der Waals surface area contributed by atoms with Crippen molar-refractivity contribution in [3.05, 3.63) is 164 Å². The molecule has 2 aliphatic rings. The minimum Gasteiger partial charge on any atom is -0.311 e. The molecular formula is C49H37N5. The van der Waals surface area contributed by atoms with Gasteiger partial charge in [-0.25, -0.2) is 0 Å². The summed E-state index contributed by atoms with van der Waals surface area (Å²) in [7, 11) is 0. The summed E-state index contributed by atoms with van der Waals surface area (Å²) in [6.07, 6.45) is 13.0. The summed E-state index contributed by atoms with van der Waals surface area (Å²) in [6, 6.07) is 48.4.